The number of nitrogens with two attached hydrogens (primary N) is 1. The van der Waals surface area contributed by atoms with E-state index in [2.05, 4.69) is 15.9 Å². The Hall–Kier alpha value is -1.61. The zero-order valence-corrected chi connectivity index (χ0v) is 11.7. The number of alkyl halides is 3. The van der Waals surface area contributed by atoms with Gasteiger partial charge in [0.05, 0.1) is 11.3 Å². The maximum absolute atomic E-state index is 12.6. The van der Waals surface area contributed by atoms with E-state index in [1.165, 1.54) is 12.1 Å². The highest BCUT2D eigenvalue weighted by molar-refractivity contribution is 9.10. The molecule has 1 atom stereocenters. The van der Waals surface area contributed by atoms with Crippen LogP contribution >= 0.6 is 15.9 Å². The third-order valence-electron chi connectivity index (χ3n) is 2.54. The van der Waals surface area contributed by atoms with Gasteiger partial charge < -0.3 is 16.2 Å². The Kier molecular flexibility index (Phi) is 4.45. The van der Waals surface area contributed by atoms with E-state index >= 15 is 0 Å². The Bertz CT molecular complexity index is 558. The number of halogens is 4. The number of hydrogen-bond donors (Lipinski definition) is 3. The van der Waals surface area contributed by atoms with Gasteiger partial charge in [0.15, 0.2) is 5.54 Å². The second-order valence-electron chi connectivity index (χ2n) is 4.12. The second kappa shape index (κ2) is 5.41. The van der Waals surface area contributed by atoms with Crippen molar-refractivity contribution in [3.63, 3.8) is 0 Å². The van der Waals surface area contributed by atoms with Crippen molar-refractivity contribution in [2.75, 3.05) is 5.32 Å². The summed E-state index contributed by atoms with van der Waals surface area (Å²) in [6, 6.07) is 3.89. The number of carboxylic acid groups (broad SMARTS) is 1. The van der Waals surface area contributed by atoms with Crippen molar-refractivity contribution in [3.05, 3.63) is 28.2 Å². The first-order chi connectivity index (χ1) is 8.98. The fraction of sp³-hybridized carbons (Fsp3) is 0.273. The third kappa shape index (κ3) is 3.10. The standard InChI is InChI=1S/C11H10BrF3N2O3/c1-10(16,11(13,14)15)9(20)17-7-5(8(18)19)3-2-4-6(7)12/h2-4H,16H2,1H3,(H,17,20)(H,18,19). The lowest BCUT2D eigenvalue weighted by Gasteiger charge is -2.26. The quantitative estimate of drug-likeness (QED) is 0.776. The Balaban J connectivity index is 3.18. The van der Waals surface area contributed by atoms with Crippen LogP contribution in [0.4, 0.5) is 18.9 Å². The molecule has 0 heterocycles. The largest absolute Gasteiger partial charge is 0.478 e. The van der Waals surface area contributed by atoms with Crippen LogP contribution in [-0.2, 0) is 4.79 Å². The Labute approximate surface area is 120 Å². The Morgan fingerprint density at radius 1 is 1.35 bits per heavy atom. The minimum Gasteiger partial charge on any atom is -0.478 e. The maximum atomic E-state index is 12.6. The van der Waals surface area contributed by atoms with E-state index in [0.29, 0.717) is 6.92 Å². The minimum absolute atomic E-state index is 0.128. The zero-order chi connectivity index (χ0) is 15.7. The molecule has 0 saturated heterocycles. The number of carbonyl (C=O) groups excluding carboxylic acids is 1. The average molecular weight is 355 g/mol. The summed E-state index contributed by atoms with van der Waals surface area (Å²) in [6.07, 6.45) is -4.97. The number of aromatic carboxylic acids is 1. The van der Waals surface area contributed by atoms with E-state index < -0.39 is 23.6 Å². The molecule has 4 N–H and O–H groups in total. The van der Waals surface area contributed by atoms with E-state index in [9.17, 15) is 22.8 Å². The van der Waals surface area contributed by atoms with Gasteiger partial charge in [-0.05, 0) is 35.0 Å². The molecule has 1 aromatic rings. The van der Waals surface area contributed by atoms with Gasteiger partial charge >= 0.3 is 12.1 Å². The van der Waals surface area contributed by atoms with Crippen molar-refractivity contribution in [1.82, 2.24) is 0 Å². The predicted molar refractivity (Wildman–Crippen MR) is 68.4 cm³/mol. The lowest BCUT2D eigenvalue weighted by molar-refractivity contribution is -0.184. The molecule has 0 spiro atoms. The molecule has 1 rings (SSSR count). The number of rotatable bonds is 3. The SMILES string of the molecule is CC(N)(C(=O)Nc1c(Br)cccc1C(=O)O)C(F)(F)F. The molecular formula is C11H10BrF3N2O3. The first kappa shape index (κ1) is 16.4. The zero-order valence-electron chi connectivity index (χ0n) is 10.1. The first-order valence-corrected chi connectivity index (χ1v) is 5.96. The molecule has 9 heteroatoms. The van der Waals surface area contributed by atoms with Crippen molar-refractivity contribution in [2.24, 2.45) is 5.73 Å². The fourth-order valence-corrected chi connectivity index (χ4v) is 1.67. The van der Waals surface area contributed by atoms with Crippen LogP contribution in [0.5, 0.6) is 0 Å². The summed E-state index contributed by atoms with van der Waals surface area (Å²) >= 11 is 2.96. The monoisotopic (exact) mass is 354 g/mol. The van der Waals surface area contributed by atoms with Gasteiger partial charge in [0.25, 0.3) is 5.91 Å². The van der Waals surface area contributed by atoms with Crippen LogP contribution in [-0.4, -0.2) is 28.7 Å². The van der Waals surface area contributed by atoms with Crippen molar-refractivity contribution < 1.29 is 27.9 Å². The molecule has 0 aliphatic rings. The van der Waals surface area contributed by atoms with Crippen molar-refractivity contribution in [1.29, 1.82) is 0 Å². The van der Waals surface area contributed by atoms with Gasteiger partial charge in [-0.25, -0.2) is 4.79 Å². The highest BCUT2D eigenvalue weighted by Gasteiger charge is 2.54. The number of carbonyl (C=O) groups is 2. The molecule has 0 fully saturated rings. The lowest BCUT2D eigenvalue weighted by Crippen LogP contribution is -2.59. The number of amides is 1. The predicted octanol–water partition coefficient (Wildman–Crippen LogP) is 2.37. The minimum atomic E-state index is -4.97. The molecule has 1 aromatic carbocycles. The smallest absolute Gasteiger partial charge is 0.415 e. The molecule has 0 bridgehead atoms. The summed E-state index contributed by atoms with van der Waals surface area (Å²) in [7, 11) is 0. The molecule has 20 heavy (non-hydrogen) atoms. The van der Waals surface area contributed by atoms with E-state index in [1.54, 1.807) is 0 Å². The molecule has 0 saturated carbocycles. The van der Waals surface area contributed by atoms with Gasteiger partial charge in [0, 0.05) is 4.47 Å². The number of nitrogens with one attached hydrogen (secondary N) is 1. The highest BCUT2D eigenvalue weighted by Crippen LogP contribution is 2.31. The van der Waals surface area contributed by atoms with E-state index in [4.69, 9.17) is 10.8 Å². The first-order valence-electron chi connectivity index (χ1n) is 5.17. The normalized spacial score (nSPS) is 14.5. The summed E-state index contributed by atoms with van der Waals surface area (Å²) in [5.41, 5.74) is 1.18. The summed E-state index contributed by atoms with van der Waals surface area (Å²) in [6.45, 7) is 0.500. The highest BCUT2D eigenvalue weighted by atomic mass is 79.9. The fourth-order valence-electron chi connectivity index (χ4n) is 1.20. The molecule has 110 valence electrons. The maximum Gasteiger partial charge on any atom is 0.415 e. The molecular weight excluding hydrogens is 345 g/mol. The van der Waals surface area contributed by atoms with E-state index in [1.807, 2.05) is 5.32 Å². The number of carboxylic acids is 1. The molecule has 0 radical (unpaired) electrons. The Morgan fingerprint density at radius 2 is 1.90 bits per heavy atom. The molecule has 0 aliphatic heterocycles. The summed E-state index contributed by atoms with van der Waals surface area (Å²) in [5, 5.41) is 10.8. The number of anilines is 1. The summed E-state index contributed by atoms with van der Waals surface area (Å²) < 4.78 is 38.0. The van der Waals surface area contributed by atoms with Crippen molar-refractivity contribution in [2.45, 2.75) is 18.6 Å². The summed E-state index contributed by atoms with van der Waals surface area (Å²) in [5.74, 6) is -2.95. The van der Waals surface area contributed by atoms with Gasteiger partial charge in [0.1, 0.15) is 0 Å². The molecule has 1 amide bonds. The van der Waals surface area contributed by atoms with Gasteiger partial charge in [-0.3, -0.25) is 4.79 Å². The average Bonchev–Trinajstić information content (AvgIpc) is 2.29. The van der Waals surface area contributed by atoms with Crippen LogP contribution in [0.25, 0.3) is 0 Å². The molecule has 1 unspecified atom stereocenters. The Morgan fingerprint density at radius 3 is 2.35 bits per heavy atom. The summed E-state index contributed by atoms with van der Waals surface area (Å²) in [4.78, 5) is 22.6. The number of benzene rings is 1. The van der Waals surface area contributed by atoms with Gasteiger partial charge in [-0.2, -0.15) is 13.2 Å². The molecule has 5 nitrogen and oxygen atoms in total. The van der Waals surface area contributed by atoms with Crippen LogP contribution in [0.2, 0.25) is 0 Å². The van der Waals surface area contributed by atoms with Crippen LogP contribution in [0.15, 0.2) is 22.7 Å². The van der Waals surface area contributed by atoms with E-state index in [0.717, 1.165) is 6.07 Å². The number of hydrogen-bond acceptors (Lipinski definition) is 3. The van der Waals surface area contributed by atoms with Crippen molar-refractivity contribution in [3.8, 4) is 0 Å². The molecule has 0 aliphatic carbocycles. The topological polar surface area (TPSA) is 92.4 Å². The number of para-hydroxylation sites is 1. The van der Waals surface area contributed by atoms with Crippen molar-refractivity contribution >= 4 is 33.5 Å². The van der Waals surface area contributed by atoms with Gasteiger partial charge in [0.2, 0.25) is 0 Å². The lowest BCUT2D eigenvalue weighted by atomic mass is 10.0. The van der Waals surface area contributed by atoms with Gasteiger partial charge in [-0.1, -0.05) is 6.07 Å². The van der Waals surface area contributed by atoms with E-state index in [-0.39, 0.29) is 15.7 Å². The van der Waals surface area contributed by atoms with Crippen LogP contribution < -0.4 is 11.1 Å². The van der Waals surface area contributed by atoms with Crippen LogP contribution in [0.3, 0.4) is 0 Å². The van der Waals surface area contributed by atoms with Crippen LogP contribution in [0, 0.1) is 0 Å². The molecule has 0 aromatic heterocycles. The van der Waals surface area contributed by atoms with Gasteiger partial charge in [-0.15, -0.1) is 0 Å². The second-order valence-corrected chi connectivity index (χ2v) is 4.98. The third-order valence-corrected chi connectivity index (χ3v) is 3.20. The van der Waals surface area contributed by atoms with Crippen LogP contribution in [0.1, 0.15) is 17.3 Å².